The topological polar surface area (TPSA) is 81.8 Å². The number of benzene rings is 1. The van der Waals surface area contributed by atoms with Crippen LogP contribution in [0.25, 0.3) is 0 Å². The van der Waals surface area contributed by atoms with Crippen LogP contribution in [0.4, 0.5) is 16.2 Å². The molecular formula is C22H36N4O3S. The average molecular weight is 437 g/mol. The number of sulfonamides is 1. The zero-order valence-corrected chi connectivity index (χ0v) is 19.4. The van der Waals surface area contributed by atoms with E-state index in [9.17, 15) is 13.2 Å². The molecule has 0 radical (unpaired) electrons. The van der Waals surface area contributed by atoms with Crippen LogP contribution in [0.2, 0.25) is 0 Å². The molecule has 0 saturated carbocycles. The van der Waals surface area contributed by atoms with Gasteiger partial charge in [0.25, 0.3) is 0 Å². The highest BCUT2D eigenvalue weighted by Gasteiger charge is 2.27. The predicted molar refractivity (Wildman–Crippen MR) is 122 cm³/mol. The van der Waals surface area contributed by atoms with Crippen LogP contribution in [0.5, 0.6) is 0 Å². The summed E-state index contributed by atoms with van der Waals surface area (Å²) in [5.41, 5.74) is 1.98. The summed E-state index contributed by atoms with van der Waals surface area (Å²) in [4.78, 5) is 16.8. The van der Waals surface area contributed by atoms with E-state index in [1.807, 2.05) is 12.1 Å². The molecule has 2 fully saturated rings. The Balaban J connectivity index is 1.50. The Morgan fingerprint density at radius 1 is 1.03 bits per heavy atom. The maximum atomic E-state index is 12.6. The van der Waals surface area contributed by atoms with Crippen LogP contribution in [0, 0.1) is 11.8 Å². The van der Waals surface area contributed by atoms with Gasteiger partial charge in [-0.2, -0.15) is 0 Å². The molecule has 0 spiro atoms. The number of piperidine rings is 2. The van der Waals surface area contributed by atoms with Crippen molar-refractivity contribution in [3.63, 3.8) is 0 Å². The number of amides is 2. The van der Waals surface area contributed by atoms with E-state index in [0.717, 1.165) is 18.8 Å². The number of carbonyl (C=O) groups is 1. The zero-order valence-electron chi connectivity index (χ0n) is 18.6. The van der Waals surface area contributed by atoms with Gasteiger partial charge in [-0.05, 0) is 69.2 Å². The third-order valence-electron chi connectivity index (χ3n) is 6.09. The lowest BCUT2D eigenvalue weighted by atomic mass is 9.91. The Morgan fingerprint density at radius 3 is 2.13 bits per heavy atom. The largest absolute Gasteiger partial charge is 0.371 e. The minimum absolute atomic E-state index is 0.102. The molecule has 2 aliphatic rings. The molecule has 8 heteroatoms. The highest BCUT2D eigenvalue weighted by Crippen LogP contribution is 2.27. The van der Waals surface area contributed by atoms with Crippen LogP contribution in [-0.2, 0) is 10.0 Å². The van der Waals surface area contributed by atoms with E-state index in [1.54, 1.807) is 18.7 Å². The molecule has 0 bridgehead atoms. The number of hydrogen-bond acceptors (Lipinski definition) is 4. The molecule has 2 N–H and O–H groups in total. The number of nitrogens with one attached hydrogen (secondary N) is 2. The Kier molecular flexibility index (Phi) is 7.29. The fraction of sp³-hybridized carbons (Fsp3) is 0.682. The summed E-state index contributed by atoms with van der Waals surface area (Å²) in [6.45, 7) is 11.2. The molecule has 2 heterocycles. The Bertz CT molecular complexity index is 807. The van der Waals surface area contributed by atoms with Gasteiger partial charge >= 0.3 is 6.03 Å². The molecule has 2 atom stereocenters. The lowest BCUT2D eigenvalue weighted by molar-refractivity contribution is 0.193. The second-order valence-corrected chi connectivity index (χ2v) is 11.6. The molecule has 0 aromatic heterocycles. The van der Waals surface area contributed by atoms with Gasteiger partial charge in [0.15, 0.2) is 0 Å². The molecule has 2 unspecified atom stereocenters. The van der Waals surface area contributed by atoms with Gasteiger partial charge in [-0.3, -0.25) is 0 Å². The lowest BCUT2D eigenvalue weighted by Crippen LogP contribution is -2.48. The number of nitrogens with zero attached hydrogens (tertiary/aromatic N) is 2. The Morgan fingerprint density at radius 2 is 1.60 bits per heavy atom. The summed E-state index contributed by atoms with van der Waals surface area (Å²) < 4.78 is 26.8. The van der Waals surface area contributed by atoms with Crippen molar-refractivity contribution < 1.29 is 13.2 Å². The van der Waals surface area contributed by atoms with Crippen LogP contribution in [0.1, 0.15) is 47.0 Å². The lowest BCUT2D eigenvalue weighted by Gasteiger charge is -2.36. The number of urea groups is 1. The van der Waals surface area contributed by atoms with Gasteiger partial charge in [0.05, 0.1) is 5.25 Å². The van der Waals surface area contributed by atoms with Gasteiger partial charge in [-0.1, -0.05) is 13.8 Å². The molecular weight excluding hydrogens is 400 g/mol. The third-order valence-corrected chi connectivity index (χ3v) is 7.99. The number of carbonyl (C=O) groups excluding carboxylic acids is 1. The summed E-state index contributed by atoms with van der Waals surface area (Å²) >= 11 is 0. The van der Waals surface area contributed by atoms with Crippen molar-refractivity contribution in [2.45, 2.75) is 58.2 Å². The van der Waals surface area contributed by atoms with E-state index in [4.69, 9.17) is 0 Å². The van der Waals surface area contributed by atoms with Crippen LogP contribution < -0.4 is 14.9 Å². The van der Waals surface area contributed by atoms with Gasteiger partial charge in [-0.15, -0.1) is 0 Å². The number of rotatable bonds is 5. The normalized spacial score (nSPS) is 23.6. The third kappa shape index (κ3) is 5.88. The van der Waals surface area contributed by atoms with Crippen molar-refractivity contribution in [2.75, 3.05) is 36.4 Å². The van der Waals surface area contributed by atoms with Gasteiger partial charge in [0, 0.05) is 43.6 Å². The van der Waals surface area contributed by atoms with E-state index >= 15 is 0 Å². The van der Waals surface area contributed by atoms with E-state index < -0.39 is 15.3 Å². The quantitative estimate of drug-likeness (QED) is 0.740. The smallest absolute Gasteiger partial charge is 0.321 e. The molecule has 2 amide bonds. The van der Waals surface area contributed by atoms with E-state index in [1.165, 1.54) is 12.1 Å². The molecule has 1 aromatic rings. The van der Waals surface area contributed by atoms with E-state index in [0.29, 0.717) is 37.8 Å². The van der Waals surface area contributed by atoms with Gasteiger partial charge < -0.3 is 15.1 Å². The number of anilines is 2. The molecule has 2 saturated heterocycles. The first-order valence-corrected chi connectivity index (χ1v) is 12.6. The average Bonchev–Trinajstić information content (AvgIpc) is 2.68. The van der Waals surface area contributed by atoms with Crippen LogP contribution >= 0.6 is 0 Å². The zero-order chi connectivity index (χ0) is 21.9. The Labute approximate surface area is 181 Å². The van der Waals surface area contributed by atoms with Gasteiger partial charge in [0.2, 0.25) is 10.0 Å². The molecule has 168 valence electrons. The molecule has 7 nitrogen and oxygen atoms in total. The summed E-state index contributed by atoms with van der Waals surface area (Å²) in [6, 6.07) is 7.84. The number of hydrogen-bond donors (Lipinski definition) is 2. The maximum absolute atomic E-state index is 12.6. The van der Waals surface area contributed by atoms with Crippen molar-refractivity contribution in [1.82, 2.24) is 9.62 Å². The maximum Gasteiger partial charge on any atom is 0.321 e. The summed E-state index contributed by atoms with van der Waals surface area (Å²) in [6.07, 6.45) is 2.54. The first kappa shape index (κ1) is 22.9. The van der Waals surface area contributed by atoms with Crippen molar-refractivity contribution in [2.24, 2.45) is 11.8 Å². The fourth-order valence-electron chi connectivity index (χ4n) is 4.40. The number of likely N-dealkylation sites (tertiary alicyclic amines) is 1. The monoisotopic (exact) mass is 436 g/mol. The first-order chi connectivity index (χ1) is 14.1. The molecule has 1 aromatic carbocycles. The van der Waals surface area contributed by atoms with E-state index in [2.05, 4.69) is 40.9 Å². The molecule has 0 aliphatic carbocycles. The predicted octanol–water partition coefficient (Wildman–Crippen LogP) is 3.49. The molecule has 30 heavy (non-hydrogen) atoms. The highest BCUT2D eigenvalue weighted by molar-refractivity contribution is 7.90. The Hall–Kier alpha value is -1.80. The van der Waals surface area contributed by atoms with Crippen LogP contribution in [0.15, 0.2) is 24.3 Å². The second-order valence-electron chi connectivity index (χ2n) is 9.30. The van der Waals surface area contributed by atoms with Crippen molar-refractivity contribution in [3.05, 3.63) is 24.3 Å². The van der Waals surface area contributed by atoms with Crippen LogP contribution in [0.3, 0.4) is 0 Å². The van der Waals surface area contributed by atoms with E-state index in [-0.39, 0.29) is 12.1 Å². The summed E-state index contributed by atoms with van der Waals surface area (Å²) in [5, 5.41) is 2.52. The standard InChI is InChI=1S/C22H36N4O3S/c1-16(2)30(28,29)24-20-9-11-25(12-10-20)22(27)23-19-5-7-21(8-6-19)26-14-17(3)13-18(4)15-26/h5-8,16-18,20,24H,9-15H2,1-4H3,(H,23,27). The van der Waals surface area contributed by atoms with Gasteiger partial charge in [-0.25, -0.2) is 17.9 Å². The highest BCUT2D eigenvalue weighted by atomic mass is 32.2. The summed E-state index contributed by atoms with van der Waals surface area (Å²) in [5.74, 6) is 1.39. The van der Waals surface area contributed by atoms with Crippen LogP contribution in [-0.4, -0.2) is 56.8 Å². The van der Waals surface area contributed by atoms with Crippen molar-refractivity contribution in [1.29, 1.82) is 0 Å². The minimum Gasteiger partial charge on any atom is -0.371 e. The second kappa shape index (κ2) is 9.56. The molecule has 3 rings (SSSR count). The summed E-state index contributed by atoms with van der Waals surface area (Å²) in [7, 11) is -3.28. The van der Waals surface area contributed by atoms with Gasteiger partial charge in [0.1, 0.15) is 0 Å². The fourth-order valence-corrected chi connectivity index (χ4v) is 5.37. The minimum atomic E-state index is -3.28. The SMILES string of the molecule is CC1CC(C)CN(c2ccc(NC(=O)N3CCC(NS(=O)(=O)C(C)C)CC3)cc2)C1. The molecule has 2 aliphatic heterocycles. The van der Waals surface area contributed by atoms with Crippen molar-refractivity contribution >= 4 is 27.4 Å². The first-order valence-electron chi connectivity index (χ1n) is 11.1. The van der Waals surface area contributed by atoms with Crippen molar-refractivity contribution in [3.8, 4) is 0 Å².